The van der Waals surface area contributed by atoms with Crippen molar-refractivity contribution in [2.24, 2.45) is 7.05 Å². The molecule has 0 saturated carbocycles. The first-order valence-electron chi connectivity index (χ1n) is 6.00. The molecular formula is C11H21N5. The quantitative estimate of drug-likeness (QED) is 0.783. The summed E-state index contributed by atoms with van der Waals surface area (Å²) >= 11 is 0. The number of likely N-dealkylation sites (tertiary alicyclic amines) is 1. The van der Waals surface area contributed by atoms with Gasteiger partial charge in [-0.2, -0.15) is 5.10 Å². The Labute approximate surface area is 96.8 Å². The molecule has 0 amide bonds. The summed E-state index contributed by atoms with van der Waals surface area (Å²) in [5.41, 5.74) is 0. The molecule has 5 heteroatoms. The van der Waals surface area contributed by atoms with Gasteiger partial charge in [-0.1, -0.05) is 0 Å². The lowest BCUT2D eigenvalue weighted by molar-refractivity contribution is 0.235. The van der Waals surface area contributed by atoms with E-state index in [4.69, 9.17) is 0 Å². The fourth-order valence-corrected chi connectivity index (χ4v) is 2.10. The molecule has 0 spiro atoms. The molecule has 90 valence electrons. The minimum absolute atomic E-state index is 0.680. The van der Waals surface area contributed by atoms with Gasteiger partial charge in [0.1, 0.15) is 6.33 Å². The van der Waals surface area contributed by atoms with Crippen LogP contribution in [-0.2, 0) is 13.5 Å². The molecule has 16 heavy (non-hydrogen) atoms. The second kappa shape index (κ2) is 5.41. The zero-order chi connectivity index (χ0) is 11.4. The topological polar surface area (TPSA) is 46.0 Å². The van der Waals surface area contributed by atoms with Crippen LogP contribution in [0.4, 0.5) is 0 Å². The van der Waals surface area contributed by atoms with Gasteiger partial charge < -0.3 is 10.2 Å². The molecule has 1 aromatic heterocycles. The Morgan fingerprint density at radius 2 is 2.12 bits per heavy atom. The van der Waals surface area contributed by atoms with Crippen LogP contribution in [0.5, 0.6) is 0 Å². The summed E-state index contributed by atoms with van der Waals surface area (Å²) in [7, 11) is 4.09. The molecule has 0 aliphatic carbocycles. The molecule has 2 heterocycles. The standard InChI is InChI=1S/C11H21N5/c1-15-7-4-10(5-8-15)12-6-3-11-13-9-16(2)14-11/h9-10,12H,3-8H2,1-2H3. The maximum absolute atomic E-state index is 4.26. The Bertz CT molecular complexity index is 314. The highest BCUT2D eigenvalue weighted by atomic mass is 15.3. The van der Waals surface area contributed by atoms with Gasteiger partial charge in [0, 0.05) is 26.1 Å². The summed E-state index contributed by atoms with van der Waals surface area (Å²) in [5, 5.41) is 7.85. The van der Waals surface area contributed by atoms with Crippen molar-refractivity contribution in [3.63, 3.8) is 0 Å². The molecule has 1 aromatic rings. The van der Waals surface area contributed by atoms with E-state index in [0.29, 0.717) is 6.04 Å². The number of piperidine rings is 1. The minimum atomic E-state index is 0.680. The first-order chi connectivity index (χ1) is 7.74. The van der Waals surface area contributed by atoms with Crippen LogP contribution >= 0.6 is 0 Å². The average molecular weight is 223 g/mol. The molecule has 1 fully saturated rings. The van der Waals surface area contributed by atoms with Crippen molar-refractivity contribution >= 4 is 0 Å². The predicted molar refractivity (Wildman–Crippen MR) is 63.2 cm³/mol. The highest BCUT2D eigenvalue weighted by Crippen LogP contribution is 2.07. The van der Waals surface area contributed by atoms with E-state index in [1.807, 2.05) is 7.05 Å². The molecule has 1 N–H and O–H groups in total. The molecule has 0 aromatic carbocycles. The van der Waals surface area contributed by atoms with Crippen molar-refractivity contribution in [3.8, 4) is 0 Å². The largest absolute Gasteiger partial charge is 0.313 e. The van der Waals surface area contributed by atoms with Gasteiger partial charge in [0.25, 0.3) is 0 Å². The third kappa shape index (κ3) is 3.28. The second-order valence-electron chi connectivity index (χ2n) is 4.62. The van der Waals surface area contributed by atoms with Gasteiger partial charge in [0.15, 0.2) is 5.82 Å². The number of rotatable bonds is 4. The smallest absolute Gasteiger partial charge is 0.151 e. The van der Waals surface area contributed by atoms with E-state index in [1.54, 1.807) is 11.0 Å². The number of nitrogens with one attached hydrogen (secondary N) is 1. The summed E-state index contributed by atoms with van der Waals surface area (Å²) in [6.07, 6.45) is 5.19. The van der Waals surface area contributed by atoms with Crippen LogP contribution in [0.1, 0.15) is 18.7 Å². The van der Waals surface area contributed by atoms with E-state index in [-0.39, 0.29) is 0 Å². The Morgan fingerprint density at radius 1 is 1.38 bits per heavy atom. The van der Waals surface area contributed by atoms with Crippen LogP contribution in [0.3, 0.4) is 0 Å². The highest BCUT2D eigenvalue weighted by molar-refractivity contribution is 4.83. The van der Waals surface area contributed by atoms with E-state index in [0.717, 1.165) is 18.8 Å². The number of nitrogens with zero attached hydrogens (tertiary/aromatic N) is 4. The van der Waals surface area contributed by atoms with Crippen molar-refractivity contribution in [2.45, 2.75) is 25.3 Å². The Morgan fingerprint density at radius 3 is 2.75 bits per heavy atom. The molecular weight excluding hydrogens is 202 g/mol. The third-order valence-electron chi connectivity index (χ3n) is 3.15. The Balaban J connectivity index is 1.64. The number of aromatic nitrogens is 3. The van der Waals surface area contributed by atoms with Crippen LogP contribution in [0.2, 0.25) is 0 Å². The number of aryl methyl sites for hydroxylation is 1. The van der Waals surface area contributed by atoms with E-state index < -0.39 is 0 Å². The lowest BCUT2D eigenvalue weighted by Crippen LogP contribution is -2.41. The molecule has 0 atom stereocenters. The minimum Gasteiger partial charge on any atom is -0.313 e. The summed E-state index contributed by atoms with van der Waals surface area (Å²) in [4.78, 5) is 6.60. The van der Waals surface area contributed by atoms with E-state index in [2.05, 4.69) is 27.3 Å². The second-order valence-corrected chi connectivity index (χ2v) is 4.62. The lowest BCUT2D eigenvalue weighted by Gasteiger charge is -2.29. The monoisotopic (exact) mass is 223 g/mol. The molecule has 2 rings (SSSR count). The van der Waals surface area contributed by atoms with E-state index in [1.165, 1.54) is 25.9 Å². The van der Waals surface area contributed by atoms with Crippen molar-refractivity contribution in [1.82, 2.24) is 25.0 Å². The van der Waals surface area contributed by atoms with Gasteiger partial charge in [0.05, 0.1) is 0 Å². The Hall–Kier alpha value is -0.940. The summed E-state index contributed by atoms with van der Waals surface area (Å²) in [5.74, 6) is 0.933. The molecule has 0 bridgehead atoms. The van der Waals surface area contributed by atoms with Crippen molar-refractivity contribution in [1.29, 1.82) is 0 Å². The van der Waals surface area contributed by atoms with Crippen molar-refractivity contribution in [3.05, 3.63) is 12.2 Å². The van der Waals surface area contributed by atoms with E-state index in [9.17, 15) is 0 Å². The Kier molecular flexibility index (Phi) is 3.90. The maximum Gasteiger partial charge on any atom is 0.151 e. The molecule has 1 aliphatic heterocycles. The first kappa shape index (κ1) is 11.5. The predicted octanol–water partition coefficient (Wildman–Crippen LogP) is 0.0414. The average Bonchev–Trinajstić information content (AvgIpc) is 2.67. The highest BCUT2D eigenvalue weighted by Gasteiger charge is 2.15. The van der Waals surface area contributed by atoms with Crippen LogP contribution in [0, 0.1) is 0 Å². The van der Waals surface area contributed by atoms with Crippen LogP contribution in [0.25, 0.3) is 0 Å². The van der Waals surface area contributed by atoms with Gasteiger partial charge in [-0.15, -0.1) is 0 Å². The lowest BCUT2D eigenvalue weighted by atomic mass is 10.1. The number of hydrogen-bond donors (Lipinski definition) is 1. The fraction of sp³-hybridized carbons (Fsp3) is 0.818. The molecule has 1 saturated heterocycles. The van der Waals surface area contributed by atoms with Crippen LogP contribution in [-0.4, -0.2) is 52.4 Å². The molecule has 0 radical (unpaired) electrons. The van der Waals surface area contributed by atoms with Crippen molar-refractivity contribution < 1.29 is 0 Å². The summed E-state index contributed by atoms with van der Waals surface area (Å²) < 4.78 is 1.75. The van der Waals surface area contributed by atoms with Gasteiger partial charge in [-0.3, -0.25) is 4.68 Å². The van der Waals surface area contributed by atoms with Gasteiger partial charge >= 0.3 is 0 Å². The zero-order valence-corrected chi connectivity index (χ0v) is 10.2. The normalized spacial score (nSPS) is 19.1. The molecule has 0 unspecified atom stereocenters. The molecule has 5 nitrogen and oxygen atoms in total. The van der Waals surface area contributed by atoms with Crippen LogP contribution < -0.4 is 5.32 Å². The third-order valence-corrected chi connectivity index (χ3v) is 3.15. The summed E-state index contributed by atoms with van der Waals surface area (Å²) in [6, 6.07) is 0.680. The SMILES string of the molecule is CN1CCC(NCCc2ncn(C)n2)CC1. The maximum atomic E-state index is 4.26. The molecule has 1 aliphatic rings. The fourth-order valence-electron chi connectivity index (χ4n) is 2.10. The van der Waals surface area contributed by atoms with Crippen molar-refractivity contribution in [2.75, 3.05) is 26.7 Å². The summed E-state index contributed by atoms with van der Waals surface area (Å²) in [6.45, 7) is 3.40. The van der Waals surface area contributed by atoms with E-state index >= 15 is 0 Å². The van der Waals surface area contributed by atoms with Gasteiger partial charge in [0.2, 0.25) is 0 Å². The first-order valence-corrected chi connectivity index (χ1v) is 6.00. The van der Waals surface area contributed by atoms with Gasteiger partial charge in [-0.25, -0.2) is 4.98 Å². The number of hydrogen-bond acceptors (Lipinski definition) is 4. The zero-order valence-electron chi connectivity index (χ0n) is 10.2. The van der Waals surface area contributed by atoms with Gasteiger partial charge in [-0.05, 0) is 33.0 Å². The van der Waals surface area contributed by atoms with Crippen LogP contribution in [0.15, 0.2) is 6.33 Å².